The first-order chi connectivity index (χ1) is 14.5. The lowest BCUT2D eigenvalue weighted by Gasteiger charge is -2.36. The Morgan fingerprint density at radius 1 is 1.29 bits per heavy atom. The molecule has 168 valence electrons. The molecule has 2 amide bonds. The van der Waals surface area contributed by atoms with Crippen LogP contribution in [0.4, 0.5) is 0 Å². The van der Waals surface area contributed by atoms with E-state index in [2.05, 4.69) is 35.3 Å². The van der Waals surface area contributed by atoms with Crippen LogP contribution in [0.25, 0.3) is 0 Å². The number of benzene rings is 1. The highest BCUT2D eigenvalue weighted by Crippen LogP contribution is 2.41. The van der Waals surface area contributed by atoms with Gasteiger partial charge in [0.1, 0.15) is 0 Å². The fourth-order valence-corrected chi connectivity index (χ4v) is 4.69. The zero-order chi connectivity index (χ0) is 21.9. The summed E-state index contributed by atoms with van der Waals surface area (Å²) in [6.07, 6.45) is 12.8. The Hall–Kier alpha value is -2.81. The van der Waals surface area contributed by atoms with Crippen molar-refractivity contribution in [3.05, 3.63) is 35.4 Å². The molecule has 0 spiro atoms. The number of hydrogen-bond acceptors (Lipinski definition) is 4. The van der Waals surface area contributed by atoms with E-state index in [1.165, 1.54) is 11.1 Å². The normalized spacial score (nSPS) is 25.3. The molecule has 31 heavy (non-hydrogen) atoms. The average molecular weight is 425 g/mol. The fraction of sp³-hybridized carbons (Fsp3) is 0.560. The summed E-state index contributed by atoms with van der Waals surface area (Å²) in [6, 6.07) is 8.43. The van der Waals surface area contributed by atoms with Gasteiger partial charge in [0.2, 0.25) is 11.8 Å². The van der Waals surface area contributed by atoms with Crippen molar-refractivity contribution in [2.24, 2.45) is 22.6 Å². The number of aliphatic imine (C=N–C) groups is 1. The molecular weight excluding hydrogens is 388 g/mol. The van der Waals surface area contributed by atoms with Gasteiger partial charge in [-0.3, -0.25) is 14.5 Å². The third-order valence-electron chi connectivity index (χ3n) is 6.85. The molecule has 0 radical (unpaired) electrons. The molecule has 0 saturated heterocycles. The third kappa shape index (κ3) is 4.92. The molecule has 0 bridgehead atoms. The monoisotopic (exact) mass is 424 g/mol. The quantitative estimate of drug-likeness (QED) is 0.686. The van der Waals surface area contributed by atoms with Crippen molar-refractivity contribution < 1.29 is 9.59 Å². The Bertz CT molecular complexity index is 856. The molecule has 1 heterocycles. The van der Waals surface area contributed by atoms with Crippen LogP contribution < -0.4 is 11.1 Å². The van der Waals surface area contributed by atoms with Gasteiger partial charge in [0.25, 0.3) is 0 Å². The highest BCUT2D eigenvalue weighted by molar-refractivity contribution is 5.99. The van der Waals surface area contributed by atoms with Gasteiger partial charge in [0.05, 0.1) is 18.0 Å². The second kappa shape index (κ2) is 10.00. The lowest BCUT2D eigenvalue weighted by molar-refractivity contribution is -0.130. The Kier molecular flexibility index (Phi) is 7.89. The fourth-order valence-electron chi connectivity index (χ4n) is 4.69. The van der Waals surface area contributed by atoms with Crippen LogP contribution in [0, 0.1) is 24.7 Å². The van der Waals surface area contributed by atoms with Gasteiger partial charge in [-0.1, -0.05) is 45.5 Å². The minimum atomic E-state index is -0.353. The van der Waals surface area contributed by atoms with E-state index in [1.807, 2.05) is 26.0 Å². The molecule has 0 aromatic heterocycles. The molecule has 3 N–H and O–H groups in total. The van der Waals surface area contributed by atoms with Crippen molar-refractivity contribution in [1.29, 1.82) is 0 Å². The maximum atomic E-state index is 12.7. The number of rotatable bonds is 6. The zero-order valence-corrected chi connectivity index (χ0v) is 17.9. The second-order valence-corrected chi connectivity index (χ2v) is 8.48. The van der Waals surface area contributed by atoms with E-state index in [1.54, 1.807) is 4.90 Å². The molecule has 1 aromatic carbocycles. The molecule has 6 nitrogen and oxygen atoms in total. The minimum Gasteiger partial charge on any atom is -0.369 e. The second-order valence-electron chi connectivity index (χ2n) is 8.48. The maximum absolute atomic E-state index is 12.7. The summed E-state index contributed by atoms with van der Waals surface area (Å²) in [6.45, 7) is 4.59. The lowest BCUT2D eigenvalue weighted by Crippen LogP contribution is -2.52. The zero-order valence-electron chi connectivity index (χ0n) is 17.9. The third-order valence-corrected chi connectivity index (χ3v) is 6.85. The summed E-state index contributed by atoms with van der Waals surface area (Å²) < 4.78 is 0. The number of carbonyl (C=O) groups is 2. The first-order valence-electron chi connectivity index (χ1n) is 10.8. The number of aryl methyl sites for hydroxylation is 1. The van der Waals surface area contributed by atoms with Gasteiger partial charge < -0.3 is 11.1 Å². The summed E-state index contributed by atoms with van der Waals surface area (Å²) in [4.78, 5) is 31.6. The maximum Gasteiger partial charge on any atom is 0.231 e. The lowest BCUT2D eigenvalue weighted by atomic mass is 9.88. The SMILES string of the molecule is C.C#C.CCC1(CC)CC(=O)N(C[C@H]2CC2C(=O)N[C@@H]2CCc3ccccc32)C(N)=N1. The molecular formula is C25H36N4O2. The van der Waals surface area contributed by atoms with Crippen LogP contribution in [0.2, 0.25) is 0 Å². The summed E-state index contributed by atoms with van der Waals surface area (Å²) >= 11 is 0. The van der Waals surface area contributed by atoms with Crippen molar-refractivity contribution in [2.45, 2.75) is 71.4 Å². The van der Waals surface area contributed by atoms with Crippen LogP contribution in [0.1, 0.15) is 70.5 Å². The number of nitrogens with one attached hydrogen (secondary N) is 1. The average Bonchev–Trinajstić information content (AvgIpc) is 3.44. The first kappa shape index (κ1) is 24.5. The predicted molar refractivity (Wildman–Crippen MR) is 125 cm³/mol. The Balaban J connectivity index is 0.00000111. The molecule has 1 unspecified atom stereocenters. The number of nitrogens with zero attached hydrogens (tertiary/aromatic N) is 2. The molecule has 3 aliphatic rings. The van der Waals surface area contributed by atoms with Crippen molar-refractivity contribution in [3.8, 4) is 12.8 Å². The minimum absolute atomic E-state index is 0. The highest BCUT2D eigenvalue weighted by Gasteiger charge is 2.47. The van der Waals surface area contributed by atoms with Crippen molar-refractivity contribution in [2.75, 3.05) is 6.54 Å². The van der Waals surface area contributed by atoms with Gasteiger partial charge in [0, 0.05) is 12.5 Å². The van der Waals surface area contributed by atoms with E-state index in [0.717, 1.165) is 32.1 Å². The van der Waals surface area contributed by atoms with Gasteiger partial charge >= 0.3 is 0 Å². The molecule has 6 heteroatoms. The van der Waals surface area contributed by atoms with Gasteiger partial charge in [-0.2, -0.15) is 0 Å². The highest BCUT2D eigenvalue weighted by atomic mass is 16.2. The number of carbonyl (C=O) groups excluding carboxylic acids is 2. The standard InChI is InChI=1S/C22H30N4O2.C2H2.CH4/c1-3-22(4-2)12-19(27)26(21(23)25-22)13-15-11-17(15)20(28)24-18-10-9-14-7-5-6-8-16(14)18;1-2;/h5-8,15,17-18H,3-4,9-13H2,1-2H3,(H2,23,25)(H,24,28);1-2H;1H4/t15-,17?,18-;;/m1../s1. The largest absolute Gasteiger partial charge is 0.369 e. The Morgan fingerprint density at radius 2 is 1.97 bits per heavy atom. The van der Waals surface area contributed by atoms with Gasteiger partial charge in [-0.25, -0.2) is 4.99 Å². The van der Waals surface area contributed by atoms with Crippen LogP contribution in [-0.2, 0) is 16.0 Å². The van der Waals surface area contributed by atoms with Crippen LogP contribution >= 0.6 is 0 Å². The molecule has 4 rings (SSSR count). The van der Waals surface area contributed by atoms with E-state index in [9.17, 15) is 9.59 Å². The number of guanidine groups is 1. The van der Waals surface area contributed by atoms with Crippen LogP contribution in [-0.4, -0.2) is 34.8 Å². The summed E-state index contributed by atoms with van der Waals surface area (Å²) in [7, 11) is 0. The number of nitrogens with two attached hydrogens (primary N) is 1. The molecule has 1 aliphatic heterocycles. The summed E-state index contributed by atoms with van der Waals surface area (Å²) in [5.41, 5.74) is 8.35. The molecule has 1 aromatic rings. The van der Waals surface area contributed by atoms with E-state index in [-0.39, 0.29) is 42.7 Å². The van der Waals surface area contributed by atoms with Crippen molar-refractivity contribution in [3.63, 3.8) is 0 Å². The molecule has 1 saturated carbocycles. The smallest absolute Gasteiger partial charge is 0.231 e. The molecule has 3 atom stereocenters. The van der Waals surface area contributed by atoms with Crippen molar-refractivity contribution in [1.82, 2.24) is 10.2 Å². The van der Waals surface area contributed by atoms with Crippen LogP contribution in [0.15, 0.2) is 29.3 Å². The summed E-state index contributed by atoms with van der Waals surface area (Å²) in [5, 5.41) is 3.21. The number of terminal acetylenes is 1. The van der Waals surface area contributed by atoms with E-state index < -0.39 is 0 Å². The van der Waals surface area contributed by atoms with Crippen molar-refractivity contribution >= 4 is 17.8 Å². The first-order valence-corrected chi connectivity index (χ1v) is 10.8. The van der Waals surface area contributed by atoms with E-state index in [0.29, 0.717) is 18.9 Å². The van der Waals surface area contributed by atoms with E-state index >= 15 is 0 Å². The molecule has 1 fully saturated rings. The number of amides is 2. The van der Waals surface area contributed by atoms with Crippen LogP contribution in [0.5, 0.6) is 0 Å². The van der Waals surface area contributed by atoms with Crippen LogP contribution in [0.3, 0.4) is 0 Å². The Labute approximate surface area is 186 Å². The molecule has 2 aliphatic carbocycles. The van der Waals surface area contributed by atoms with E-state index in [4.69, 9.17) is 5.73 Å². The van der Waals surface area contributed by atoms with Gasteiger partial charge in [-0.05, 0) is 49.1 Å². The topological polar surface area (TPSA) is 87.8 Å². The number of hydrogen-bond donors (Lipinski definition) is 2. The summed E-state index contributed by atoms with van der Waals surface area (Å²) in [5.74, 6) is 0.591. The van der Waals surface area contributed by atoms with Gasteiger partial charge in [0.15, 0.2) is 5.96 Å². The number of fused-ring (bicyclic) bond motifs is 1. The predicted octanol–water partition coefficient (Wildman–Crippen LogP) is 3.42. The Morgan fingerprint density at radius 3 is 2.61 bits per heavy atom. The van der Waals surface area contributed by atoms with Gasteiger partial charge in [-0.15, -0.1) is 12.8 Å².